The van der Waals surface area contributed by atoms with Crippen molar-refractivity contribution < 1.29 is 9.53 Å². The number of thiocarbonyl (C=S) groups is 1. The number of carbonyl (C=O) groups excluding carboxylic acids is 1. The summed E-state index contributed by atoms with van der Waals surface area (Å²) < 4.78 is 7.14. The molecule has 0 aromatic heterocycles. The number of anilines is 1. The molecule has 23 heavy (non-hydrogen) atoms. The monoisotopic (exact) mass is 456 g/mol. The zero-order chi connectivity index (χ0) is 16.8. The Balaban J connectivity index is 1.82. The van der Waals surface area contributed by atoms with E-state index in [4.69, 9.17) is 17.0 Å². The molecule has 7 heteroatoms. The number of hydrogen-bond donors (Lipinski definition) is 2. The van der Waals surface area contributed by atoms with Crippen LogP contribution in [0.5, 0.6) is 5.75 Å². The highest BCUT2D eigenvalue weighted by Crippen LogP contribution is 2.28. The van der Waals surface area contributed by atoms with Crippen LogP contribution in [0.3, 0.4) is 0 Å². The number of rotatable bonds is 4. The lowest BCUT2D eigenvalue weighted by Gasteiger charge is -2.11. The van der Waals surface area contributed by atoms with E-state index in [9.17, 15) is 4.79 Å². The highest BCUT2D eigenvalue weighted by Gasteiger charge is 2.08. The highest BCUT2D eigenvalue weighted by molar-refractivity contribution is 9.11. The number of benzene rings is 2. The number of hydrogen-bond acceptors (Lipinski definition) is 3. The van der Waals surface area contributed by atoms with Crippen molar-refractivity contribution in [3.63, 3.8) is 0 Å². The number of ether oxygens (including phenoxy) is 1. The molecule has 2 rings (SSSR count). The maximum atomic E-state index is 11.9. The normalized spacial score (nSPS) is 10.0. The molecule has 0 unspecified atom stereocenters. The van der Waals surface area contributed by atoms with Crippen LogP contribution >= 0.6 is 44.1 Å². The summed E-state index contributed by atoms with van der Waals surface area (Å²) in [6, 6.07) is 13.1. The highest BCUT2D eigenvalue weighted by atomic mass is 79.9. The fourth-order valence-corrected chi connectivity index (χ4v) is 3.09. The minimum Gasteiger partial charge on any atom is -0.483 e. The number of nitrogens with one attached hydrogen (secondary N) is 2. The average Bonchev–Trinajstić information content (AvgIpc) is 2.48. The number of halogens is 2. The van der Waals surface area contributed by atoms with Gasteiger partial charge in [0.2, 0.25) is 0 Å². The van der Waals surface area contributed by atoms with E-state index in [2.05, 4.69) is 42.5 Å². The standard InChI is InChI=1S/C16H14Br2N2O2S/c1-10-2-5-12(6-3-10)19-16(23)20-15(21)9-22-14-7-4-11(17)8-13(14)18/h2-8H,9H2,1H3,(H2,19,20,21,23). The van der Waals surface area contributed by atoms with Crippen LogP contribution in [0, 0.1) is 6.92 Å². The quantitative estimate of drug-likeness (QED) is 0.667. The van der Waals surface area contributed by atoms with Crippen LogP contribution < -0.4 is 15.4 Å². The lowest BCUT2D eigenvalue weighted by Crippen LogP contribution is -2.37. The summed E-state index contributed by atoms with van der Waals surface area (Å²) in [7, 11) is 0. The molecular weight excluding hydrogens is 444 g/mol. The van der Waals surface area contributed by atoms with E-state index in [1.807, 2.05) is 43.3 Å². The zero-order valence-corrected chi connectivity index (χ0v) is 16.2. The van der Waals surface area contributed by atoms with Crippen molar-refractivity contribution in [3.8, 4) is 5.75 Å². The van der Waals surface area contributed by atoms with Crippen LogP contribution in [0.25, 0.3) is 0 Å². The lowest BCUT2D eigenvalue weighted by atomic mass is 10.2. The molecule has 0 fully saturated rings. The van der Waals surface area contributed by atoms with E-state index in [1.165, 1.54) is 0 Å². The third-order valence-corrected chi connectivity index (χ3v) is 4.13. The molecule has 0 spiro atoms. The molecule has 0 radical (unpaired) electrons. The molecule has 0 aliphatic heterocycles. The van der Waals surface area contributed by atoms with Crippen molar-refractivity contribution in [2.24, 2.45) is 0 Å². The van der Waals surface area contributed by atoms with Crippen molar-refractivity contribution >= 4 is 60.8 Å². The van der Waals surface area contributed by atoms with Gasteiger partial charge in [0, 0.05) is 10.2 Å². The van der Waals surface area contributed by atoms with Gasteiger partial charge in [-0.25, -0.2) is 0 Å². The van der Waals surface area contributed by atoms with Crippen molar-refractivity contribution in [1.82, 2.24) is 5.32 Å². The molecule has 0 atom stereocenters. The van der Waals surface area contributed by atoms with Gasteiger partial charge in [0.05, 0.1) is 4.47 Å². The molecule has 0 saturated carbocycles. The second-order valence-electron chi connectivity index (χ2n) is 4.73. The largest absolute Gasteiger partial charge is 0.483 e. The van der Waals surface area contributed by atoms with Gasteiger partial charge in [-0.3, -0.25) is 10.1 Å². The Bertz CT molecular complexity index is 721. The minimum absolute atomic E-state index is 0.129. The van der Waals surface area contributed by atoms with Crippen LogP contribution in [-0.4, -0.2) is 17.6 Å². The fourth-order valence-electron chi connectivity index (χ4n) is 1.70. The predicted molar refractivity (Wildman–Crippen MR) is 103 cm³/mol. The summed E-state index contributed by atoms with van der Waals surface area (Å²) in [5, 5.41) is 5.76. The second kappa shape index (κ2) is 8.42. The van der Waals surface area contributed by atoms with Gasteiger partial charge < -0.3 is 10.1 Å². The summed E-state index contributed by atoms with van der Waals surface area (Å²) >= 11 is 11.8. The van der Waals surface area contributed by atoms with Crippen molar-refractivity contribution in [2.75, 3.05) is 11.9 Å². The summed E-state index contributed by atoms with van der Waals surface area (Å²) in [5.74, 6) is 0.255. The lowest BCUT2D eigenvalue weighted by molar-refractivity contribution is -0.121. The Morgan fingerprint density at radius 3 is 2.52 bits per heavy atom. The van der Waals surface area contributed by atoms with Crippen molar-refractivity contribution in [2.45, 2.75) is 6.92 Å². The fraction of sp³-hybridized carbons (Fsp3) is 0.125. The Kier molecular flexibility index (Phi) is 6.56. The number of amides is 1. The molecule has 1 amide bonds. The maximum absolute atomic E-state index is 11.9. The summed E-state index contributed by atoms with van der Waals surface area (Å²) in [4.78, 5) is 11.9. The summed E-state index contributed by atoms with van der Waals surface area (Å²) in [5.41, 5.74) is 1.97. The van der Waals surface area contributed by atoms with Gasteiger partial charge in [-0.2, -0.15) is 0 Å². The smallest absolute Gasteiger partial charge is 0.264 e. The Morgan fingerprint density at radius 1 is 1.17 bits per heavy atom. The summed E-state index contributed by atoms with van der Waals surface area (Å²) in [6.07, 6.45) is 0. The molecule has 2 aromatic carbocycles. The van der Waals surface area contributed by atoms with E-state index in [1.54, 1.807) is 6.07 Å². The molecule has 4 nitrogen and oxygen atoms in total. The van der Waals surface area contributed by atoms with Crippen LogP contribution in [0.1, 0.15) is 5.56 Å². The SMILES string of the molecule is Cc1ccc(NC(=S)NC(=O)COc2ccc(Br)cc2Br)cc1. The zero-order valence-electron chi connectivity index (χ0n) is 12.2. The molecule has 2 aromatic rings. The van der Waals surface area contributed by atoms with Gasteiger partial charge in [0.1, 0.15) is 5.75 Å². The first-order valence-electron chi connectivity index (χ1n) is 6.69. The molecule has 0 heterocycles. The van der Waals surface area contributed by atoms with Crippen LogP contribution in [0.4, 0.5) is 5.69 Å². The van der Waals surface area contributed by atoms with Crippen LogP contribution in [-0.2, 0) is 4.79 Å². The van der Waals surface area contributed by atoms with Gasteiger partial charge in [-0.05, 0) is 65.4 Å². The first kappa shape index (κ1) is 17.9. The van der Waals surface area contributed by atoms with Gasteiger partial charge in [-0.1, -0.05) is 33.6 Å². The van der Waals surface area contributed by atoms with Gasteiger partial charge in [0.15, 0.2) is 11.7 Å². The molecule has 0 saturated heterocycles. The van der Waals surface area contributed by atoms with E-state index < -0.39 is 0 Å². The molecule has 0 bridgehead atoms. The third kappa shape index (κ3) is 5.93. The molecule has 120 valence electrons. The first-order valence-corrected chi connectivity index (χ1v) is 8.69. The van der Waals surface area contributed by atoms with Gasteiger partial charge in [0.25, 0.3) is 5.91 Å². The summed E-state index contributed by atoms with van der Waals surface area (Å²) in [6.45, 7) is 1.87. The molecular formula is C16H14Br2N2O2S. The minimum atomic E-state index is -0.329. The molecule has 2 N–H and O–H groups in total. The van der Waals surface area contributed by atoms with E-state index >= 15 is 0 Å². The molecule has 0 aliphatic rings. The van der Waals surface area contributed by atoms with Crippen LogP contribution in [0.15, 0.2) is 51.4 Å². The number of aryl methyl sites for hydroxylation is 1. The second-order valence-corrected chi connectivity index (χ2v) is 6.91. The van der Waals surface area contributed by atoms with E-state index in [0.717, 1.165) is 20.2 Å². The molecule has 0 aliphatic carbocycles. The topological polar surface area (TPSA) is 50.4 Å². The van der Waals surface area contributed by atoms with Gasteiger partial charge in [-0.15, -0.1) is 0 Å². The Labute approximate surface area is 156 Å². The van der Waals surface area contributed by atoms with Crippen molar-refractivity contribution in [3.05, 3.63) is 57.0 Å². The first-order chi connectivity index (χ1) is 10.9. The average molecular weight is 458 g/mol. The van der Waals surface area contributed by atoms with Crippen molar-refractivity contribution in [1.29, 1.82) is 0 Å². The Hall–Kier alpha value is -1.44. The number of carbonyl (C=O) groups is 1. The maximum Gasteiger partial charge on any atom is 0.264 e. The van der Waals surface area contributed by atoms with Crippen LogP contribution in [0.2, 0.25) is 0 Å². The third-order valence-electron chi connectivity index (χ3n) is 2.82. The predicted octanol–water partition coefficient (Wildman–Crippen LogP) is 4.41. The van der Waals surface area contributed by atoms with E-state index in [-0.39, 0.29) is 17.6 Å². The van der Waals surface area contributed by atoms with Gasteiger partial charge >= 0.3 is 0 Å². The van der Waals surface area contributed by atoms with E-state index in [0.29, 0.717) is 5.75 Å². The Morgan fingerprint density at radius 2 is 1.87 bits per heavy atom.